The number of halogens is 2. The summed E-state index contributed by atoms with van der Waals surface area (Å²) in [6.07, 6.45) is -1.56. The number of hydrogen-bond acceptors (Lipinski definition) is 3. The Labute approximate surface area is 169 Å². The van der Waals surface area contributed by atoms with Gasteiger partial charge in [-0.3, -0.25) is 4.79 Å². The highest BCUT2D eigenvalue weighted by Crippen LogP contribution is 2.18. The molecule has 1 atom stereocenters. The fraction of sp³-hybridized carbons (Fsp3) is 0.333. The van der Waals surface area contributed by atoms with Gasteiger partial charge in [0.15, 0.2) is 6.10 Å². The van der Waals surface area contributed by atoms with Crippen LogP contribution in [0.25, 0.3) is 0 Å². The summed E-state index contributed by atoms with van der Waals surface area (Å²) < 4.78 is 19.4. The Morgan fingerprint density at radius 1 is 1.11 bits per heavy atom. The van der Waals surface area contributed by atoms with Crippen LogP contribution in [-0.4, -0.2) is 23.6 Å². The van der Waals surface area contributed by atoms with Crippen LogP contribution in [-0.2, 0) is 22.5 Å². The van der Waals surface area contributed by atoms with Gasteiger partial charge in [-0.2, -0.15) is 0 Å². The van der Waals surface area contributed by atoms with Gasteiger partial charge in [-0.15, -0.1) is 0 Å². The van der Waals surface area contributed by atoms with Crippen LogP contribution in [0.2, 0.25) is 5.02 Å². The van der Waals surface area contributed by atoms with E-state index in [0.29, 0.717) is 0 Å². The number of alkyl carbamates (subject to hydrolysis) is 1. The van der Waals surface area contributed by atoms with E-state index in [4.69, 9.17) is 16.3 Å². The lowest BCUT2D eigenvalue weighted by Crippen LogP contribution is -2.46. The van der Waals surface area contributed by atoms with Crippen molar-refractivity contribution >= 4 is 23.6 Å². The van der Waals surface area contributed by atoms with Gasteiger partial charge >= 0.3 is 6.09 Å². The van der Waals surface area contributed by atoms with Gasteiger partial charge in [0.2, 0.25) is 0 Å². The third-order valence-electron chi connectivity index (χ3n) is 3.77. The third kappa shape index (κ3) is 6.85. The van der Waals surface area contributed by atoms with E-state index < -0.39 is 29.5 Å². The van der Waals surface area contributed by atoms with E-state index in [1.165, 1.54) is 12.1 Å². The maximum absolute atomic E-state index is 14.0. The first-order valence-electron chi connectivity index (χ1n) is 8.89. The molecular formula is C21H24ClFN2O3. The van der Waals surface area contributed by atoms with E-state index in [9.17, 15) is 14.0 Å². The molecule has 0 saturated carbocycles. The Kier molecular flexibility index (Phi) is 7.40. The van der Waals surface area contributed by atoms with Crippen LogP contribution in [0, 0.1) is 5.82 Å². The summed E-state index contributed by atoms with van der Waals surface area (Å²) in [4.78, 5) is 24.8. The van der Waals surface area contributed by atoms with Crippen molar-refractivity contribution in [3.63, 3.8) is 0 Å². The van der Waals surface area contributed by atoms with Gasteiger partial charge in [0.25, 0.3) is 5.91 Å². The van der Waals surface area contributed by atoms with Crippen LogP contribution < -0.4 is 10.6 Å². The number of rotatable bonds is 6. The Morgan fingerprint density at radius 3 is 2.43 bits per heavy atom. The Morgan fingerprint density at radius 2 is 1.79 bits per heavy atom. The normalized spacial score (nSPS) is 12.2. The summed E-state index contributed by atoms with van der Waals surface area (Å²) in [6.45, 7) is 5.36. The second-order valence-electron chi connectivity index (χ2n) is 7.39. The maximum atomic E-state index is 14.0. The minimum atomic E-state index is -1.06. The predicted octanol–water partition coefficient (Wildman–Crippen LogP) is 4.23. The standard InChI is InChI=1S/C21H24ClFN2O3/c1-21(2,3)25-20(27)28-17(12-14-8-5-4-6-9-14)19(26)24-13-15-10-7-11-16(22)18(15)23/h4-11,17H,12-13H2,1-3H3,(H,24,26)(H,25,27)/t17-/m0/s1. The number of benzene rings is 2. The first-order chi connectivity index (χ1) is 13.2. The van der Waals surface area contributed by atoms with Crippen LogP contribution in [0.4, 0.5) is 9.18 Å². The van der Waals surface area contributed by atoms with Gasteiger partial charge in [0.05, 0.1) is 5.02 Å². The average Bonchev–Trinajstić information content (AvgIpc) is 2.61. The second-order valence-corrected chi connectivity index (χ2v) is 7.80. The van der Waals surface area contributed by atoms with Crippen molar-refractivity contribution in [2.24, 2.45) is 0 Å². The van der Waals surface area contributed by atoms with Crippen molar-refractivity contribution in [3.8, 4) is 0 Å². The number of nitrogens with one attached hydrogen (secondary N) is 2. The molecule has 2 rings (SSSR count). The highest BCUT2D eigenvalue weighted by molar-refractivity contribution is 6.30. The molecule has 5 nitrogen and oxygen atoms in total. The molecule has 0 aliphatic rings. The fourth-order valence-corrected chi connectivity index (χ4v) is 2.66. The summed E-state index contributed by atoms with van der Waals surface area (Å²) in [5.41, 5.74) is 0.577. The van der Waals surface area contributed by atoms with Gasteiger partial charge in [-0.25, -0.2) is 9.18 Å². The number of ether oxygens (including phenoxy) is 1. The fourth-order valence-electron chi connectivity index (χ4n) is 2.46. The van der Waals surface area contributed by atoms with Crippen LogP contribution in [0.3, 0.4) is 0 Å². The van der Waals surface area contributed by atoms with Crippen LogP contribution >= 0.6 is 11.6 Å². The lowest BCUT2D eigenvalue weighted by Gasteiger charge is -2.23. The molecule has 2 aromatic rings. The zero-order chi connectivity index (χ0) is 20.7. The quantitative estimate of drug-likeness (QED) is 0.754. The summed E-state index contributed by atoms with van der Waals surface area (Å²) in [5.74, 6) is -1.11. The molecule has 2 amide bonds. The number of carbonyl (C=O) groups is 2. The van der Waals surface area contributed by atoms with Crippen molar-refractivity contribution in [2.45, 2.75) is 45.4 Å². The largest absolute Gasteiger partial charge is 0.436 e. The molecule has 0 saturated heterocycles. The zero-order valence-corrected chi connectivity index (χ0v) is 16.8. The molecule has 0 spiro atoms. The highest BCUT2D eigenvalue weighted by Gasteiger charge is 2.25. The molecule has 0 unspecified atom stereocenters. The molecule has 0 fully saturated rings. The van der Waals surface area contributed by atoms with E-state index in [1.54, 1.807) is 6.07 Å². The average molecular weight is 407 g/mol. The van der Waals surface area contributed by atoms with Gasteiger partial charge < -0.3 is 15.4 Å². The SMILES string of the molecule is CC(C)(C)NC(=O)O[C@@H](Cc1ccccc1)C(=O)NCc1cccc(Cl)c1F. The molecule has 0 heterocycles. The smallest absolute Gasteiger partial charge is 0.408 e. The zero-order valence-electron chi connectivity index (χ0n) is 16.1. The molecule has 28 heavy (non-hydrogen) atoms. The van der Waals surface area contributed by atoms with Gasteiger partial charge in [-0.1, -0.05) is 54.1 Å². The predicted molar refractivity (Wildman–Crippen MR) is 107 cm³/mol. The summed E-state index contributed by atoms with van der Waals surface area (Å²) >= 11 is 5.76. The van der Waals surface area contributed by atoms with Gasteiger partial charge in [0, 0.05) is 24.1 Å². The first kappa shape index (κ1) is 21.7. The maximum Gasteiger partial charge on any atom is 0.408 e. The van der Waals surface area contributed by atoms with Gasteiger partial charge in [0.1, 0.15) is 5.82 Å². The Hall–Kier alpha value is -2.60. The van der Waals surface area contributed by atoms with Crippen LogP contribution in [0.1, 0.15) is 31.9 Å². The van der Waals surface area contributed by atoms with Crippen molar-refractivity contribution < 1.29 is 18.7 Å². The van der Waals surface area contributed by atoms with Crippen LogP contribution in [0.15, 0.2) is 48.5 Å². The van der Waals surface area contributed by atoms with Crippen molar-refractivity contribution in [1.82, 2.24) is 10.6 Å². The molecule has 2 aromatic carbocycles. The Balaban J connectivity index is 2.09. The summed E-state index contributed by atoms with van der Waals surface area (Å²) in [7, 11) is 0. The molecule has 0 aliphatic heterocycles. The molecule has 0 radical (unpaired) electrons. The third-order valence-corrected chi connectivity index (χ3v) is 4.06. The molecule has 0 aliphatic carbocycles. The lowest BCUT2D eigenvalue weighted by molar-refractivity contribution is -0.129. The Bertz CT molecular complexity index is 822. The number of carbonyl (C=O) groups excluding carboxylic acids is 2. The van der Waals surface area contributed by atoms with E-state index in [1.807, 2.05) is 51.1 Å². The van der Waals surface area contributed by atoms with Gasteiger partial charge in [-0.05, 0) is 32.4 Å². The van der Waals surface area contributed by atoms with E-state index in [2.05, 4.69) is 10.6 Å². The molecule has 0 bridgehead atoms. The molecule has 150 valence electrons. The minimum Gasteiger partial charge on any atom is -0.436 e. The molecule has 2 N–H and O–H groups in total. The molecular weight excluding hydrogens is 383 g/mol. The molecule has 0 aromatic heterocycles. The van der Waals surface area contributed by atoms with E-state index >= 15 is 0 Å². The number of hydrogen-bond donors (Lipinski definition) is 2. The first-order valence-corrected chi connectivity index (χ1v) is 9.27. The highest BCUT2D eigenvalue weighted by atomic mass is 35.5. The summed E-state index contributed by atoms with van der Waals surface area (Å²) in [5, 5.41) is 5.25. The molecule has 7 heteroatoms. The second kappa shape index (κ2) is 9.55. The summed E-state index contributed by atoms with van der Waals surface area (Å²) in [6, 6.07) is 13.8. The van der Waals surface area contributed by atoms with Crippen molar-refractivity contribution in [2.75, 3.05) is 0 Å². The van der Waals surface area contributed by atoms with E-state index in [0.717, 1.165) is 5.56 Å². The topological polar surface area (TPSA) is 67.4 Å². The number of amides is 2. The lowest BCUT2D eigenvalue weighted by atomic mass is 10.1. The van der Waals surface area contributed by atoms with E-state index in [-0.39, 0.29) is 23.6 Å². The van der Waals surface area contributed by atoms with Crippen molar-refractivity contribution in [1.29, 1.82) is 0 Å². The van der Waals surface area contributed by atoms with Crippen molar-refractivity contribution in [3.05, 3.63) is 70.5 Å². The monoisotopic (exact) mass is 406 g/mol. The minimum absolute atomic E-state index is 0.0200. The van der Waals surface area contributed by atoms with Crippen LogP contribution in [0.5, 0.6) is 0 Å².